The zero-order valence-electron chi connectivity index (χ0n) is 13.4. The Bertz CT molecular complexity index is 770. The van der Waals surface area contributed by atoms with Gasteiger partial charge in [-0.15, -0.1) is 0 Å². The number of carboxylic acid groups (broad SMARTS) is 1. The molecule has 0 bridgehead atoms. The van der Waals surface area contributed by atoms with E-state index in [0.29, 0.717) is 0 Å². The van der Waals surface area contributed by atoms with Gasteiger partial charge in [0.2, 0.25) is 0 Å². The molecular formula is C11H8O2. The van der Waals surface area contributed by atoms with E-state index in [2.05, 4.69) is 0 Å². The monoisotopic (exact) mass is 179 g/mol. The van der Waals surface area contributed by atoms with Gasteiger partial charge in [-0.05, 0) is 22.9 Å². The van der Waals surface area contributed by atoms with Crippen LogP contribution in [-0.4, -0.2) is 11.1 Å². The molecule has 2 aromatic carbocycles. The van der Waals surface area contributed by atoms with Crippen molar-refractivity contribution in [2.45, 2.75) is 0 Å². The largest absolute Gasteiger partial charge is 0.478 e. The average Bonchev–Trinajstić information content (AvgIpc) is 2.37. The minimum absolute atomic E-state index is 0.309. The van der Waals surface area contributed by atoms with E-state index in [1.807, 2.05) is 0 Å². The first-order valence-corrected chi connectivity index (χ1v) is 3.43. The van der Waals surface area contributed by atoms with Crippen molar-refractivity contribution in [3.8, 4) is 0 Å². The highest BCUT2D eigenvalue weighted by Gasteiger charge is 2.01. The van der Waals surface area contributed by atoms with Gasteiger partial charge in [0.15, 0.2) is 0 Å². The second-order valence-corrected chi connectivity index (χ2v) is 2.31. The maximum absolute atomic E-state index is 11.1. The van der Waals surface area contributed by atoms with Crippen LogP contribution >= 0.6 is 0 Å². The molecule has 0 aromatic heterocycles. The molecule has 0 aliphatic rings. The first kappa shape index (κ1) is 3.14. The van der Waals surface area contributed by atoms with Crippen LogP contribution in [0.3, 0.4) is 0 Å². The van der Waals surface area contributed by atoms with E-state index in [9.17, 15) is 4.79 Å². The van der Waals surface area contributed by atoms with Crippen molar-refractivity contribution >= 4 is 16.7 Å². The Morgan fingerprint density at radius 3 is 2.54 bits per heavy atom. The zero-order chi connectivity index (χ0) is 15.4. The number of benzene rings is 2. The van der Waals surface area contributed by atoms with Gasteiger partial charge in [0.1, 0.15) is 0 Å². The second kappa shape index (κ2) is 2.90. The maximum atomic E-state index is 11.1. The Balaban J connectivity index is 3.21. The summed E-state index contributed by atoms with van der Waals surface area (Å²) >= 11 is 0. The van der Waals surface area contributed by atoms with Gasteiger partial charge in [-0.3, -0.25) is 0 Å². The summed E-state index contributed by atoms with van der Waals surface area (Å²) in [4.78, 5) is 11.1. The number of carbonyl (C=O) groups is 1. The predicted octanol–water partition coefficient (Wildman–Crippen LogP) is 2.54. The van der Waals surface area contributed by atoms with Crippen molar-refractivity contribution in [1.29, 1.82) is 0 Å². The van der Waals surface area contributed by atoms with Crippen LogP contribution in [0.1, 0.15) is 20.0 Å². The minimum atomic E-state index is -1.58. The summed E-state index contributed by atoms with van der Waals surface area (Å²) in [7, 11) is 0. The van der Waals surface area contributed by atoms with Crippen LogP contribution in [0.25, 0.3) is 10.8 Å². The predicted molar refractivity (Wildman–Crippen MR) is 50.9 cm³/mol. The number of rotatable bonds is 1. The number of carboxylic acids is 1. The third kappa shape index (κ3) is 1.38. The molecule has 0 radical (unpaired) electrons. The molecule has 0 unspecified atom stereocenters. The van der Waals surface area contributed by atoms with Crippen molar-refractivity contribution < 1.29 is 19.5 Å². The molecule has 64 valence electrons. The summed E-state index contributed by atoms with van der Waals surface area (Å²) in [6.45, 7) is 0. The standard InChI is InChI=1S/C11H8O2/c12-11(13)10-6-5-8-3-1-2-4-9(8)7-10/h1-7H,(H,12,13)/i1D,2D,3D,4D,5D,6D,7D. The highest BCUT2D eigenvalue weighted by atomic mass is 16.4. The summed E-state index contributed by atoms with van der Waals surface area (Å²) in [5.74, 6) is -1.58. The lowest BCUT2D eigenvalue weighted by Gasteiger charge is -1.98. The van der Waals surface area contributed by atoms with Gasteiger partial charge in [-0.25, -0.2) is 4.79 Å². The summed E-state index contributed by atoms with van der Waals surface area (Å²) in [6.07, 6.45) is 0. The van der Waals surface area contributed by atoms with Gasteiger partial charge in [0.25, 0.3) is 0 Å². The Morgan fingerprint density at radius 2 is 1.85 bits per heavy atom. The third-order valence-electron chi connectivity index (χ3n) is 1.46. The first-order chi connectivity index (χ1) is 9.20. The van der Waals surface area contributed by atoms with Gasteiger partial charge >= 0.3 is 5.97 Å². The van der Waals surface area contributed by atoms with E-state index >= 15 is 0 Å². The summed E-state index contributed by atoms with van der Waals surface area (Å²) < 4.78 is 53.6. The van der Waals surface area contributed by atoms with Crippen LogP contribution in [-0.2, 0) is 0 Å². The molecule has 0 atom stereocenters. The van der Waals surface area contributed by atoms with Crippen molar-refractivity contribution in [1.82, 2.24) is 0 Å². The molecule has 0 saturated heterocycles. The van der Waals surface area contributed by atoms with Crippen LogP contribution in [0.15, 0.2) is 42.3 Å². The molecule has 2 aromatic rings. The Hall–Kier alpha value is -1.83. The molecule has 2 heteroatoms. The van der Waals surface area contributed by atoms with Crippen LogP contribution in [0.2, 0.25) is 0 Å². The lowest BCUT2D eigenvalue weighted by atomic mass is 10.1. The zero-order valence-corrected chi connectivity index (χ0v) is 6.36. The van der Waals surface area contributed by atoms with E-state index in [1.165, 1.54) is 0 Å². The topological polar surface area (TPSA) is 37.3 Å². The SMILES string of the molecule is [2H]c1c([2H])c([2H])c2c([2H])c(C(=O)O)c([2H])c([2H])c2c1[2H]. The van der Waals surface area contributed by atoms with Gasteiger partial charge in [-0.1, -0.05) is 30.2 Å². The van der Waals surface area contributed by atoms with E-state index in [0.717, 1.165) is 0 Å². The molecule has 0 fully saturated rings. The van der Waals surface area contributed by atoms with Crippen LogP contribution < -0.4 is 0 Å². The lowest BCUT2D eigenvalue weighted by Crippen LogP contribution is -1.94. The smallest absolute Gasteiger partial charge is 0.335 e. The highest BCUT2D eigenvalue weighted by Crippen LogP contribution is 2.15. The van der Waals surface area contributed by atoms with Crippen LogP contribution in [0.5, 0.6) is 0 Å². The molecule has 2 rings (SSSR count). The number of aromatic carboxylic acids is 1. The fourth-order valence-corrected chi connectivity index (χ4v) is 0.888. The molecule has 0 saturated carbocycles. The Morgan fingerprint density at radius 1 is 1.15 bits per heavy atom. The number of hydrogen-bond acceptors (Lipinski definition) is 1. The van der Waals surface area contributed by atoms with Gasteiger partial charge in [0.05, 0.1) is 15.2 Å². The third-order valence-corrected chi connectivity index (χ3v) is 1.46. The summed E-state index contributed by atoms with van der Waals surface area (Å²) in [5.41, 5.74) is -0.743. The van der Waals surface area contributed by atoms with E-state index in [-0.39, 0.29) is 10.8 Å². The minimum Gasteiger partial charge on any atom is -0.478 e. The molecule has 1 N–H and O–H groups in total. The van der Waals surface area contributed by atoms with Crippen molar-refractivity contribution in [3.63, 3.8) is 0 Å². The number of fused-ring (bicyclic) bond motifs is 1. The Labute approximate surface area is 85.3 Å². The molecule has 0 spiro atoms. The van der Waals surface area contributed by atoms with Crippen LogP contribution in [0, 0.1) is 0 Å². The van der Waals surface area contributed by atoms with Crippen LogP contribution in [0.4, 0.5) is 0 Å². The fourth-order valence-electron chi connectivity index (χ4n) is 0.888. The van der Waals surface area contributed by atoms with E-state index in [4.69, 9.17) is 14.7 Å². The van der Waals surface area contributed by atoms with E-state index in [1.54, 1.807) is 0 Å². The van der Waals surface area contributed by atoms with Gasteiger partial charge < -0.3 is 5.11 Å². The average molecular weight is 179 g/mol. The highest BCUT2D eigenvalue weighted by molar-refractivity contribution is 5.94. The molecule has 0 aliphatic heterocycles. The molecule has 0 heterocycles. The van der Waals surface area contributed by atoms with Crippen molar-refractivity contribution in [2.24, 2.45) is 0 Å². The number of hydrogen-bond donors (Lipinski definition) is 1. The Kier molecular flexibility index (Phi) is 0.701. The molecule has 2 nitrogen and oxygen atoms in total. The molecular weight excluding hydrogens is 164 g/mol. The van der Waals surface area contributed by atoms with Gasteiger partial charge in [-0.2, -0.15) is 0 Å². The molecule has 0 aliphatic carbocycles. The van der Waals surface area contributed by atoms with E-state index < -0.39 is 53.8 Å². The lowest BCUT2D eigenvalue weighted by molar-refractivity contribution is 0.0697. The molecule has 0 amide bonds. The second-order valence-electron chi connectivity index (χ2n) is 2.31. The quantitative estimate of drug-likeness (QED) is 0.730. The summed E-state index contributed by atoms with van der Waals surface area (Å²) in [6, 6.07) is -4.37. The normalized spacial score (nSPS) is 17.7. The van der Waals surface area contributed by atoms with Gasteiger partial charge in [0, 0.05) is 0 Å². The van der Waals surface area contributed by atoms with Crippen molar-refractivity contribution in [2.75, 3.05) is 0 Å². The first-order valence-electron chi connectivity index (χ1n) is 6.93. The van der Waals surface area contributed by atoms with Crippen molar-refractivity contribution in [3.05, 3.63) is 47.9 Å². The maximum Gasteiger partial charge on any atom is 0.335 e. The molecule has 13 heavy (non-hydrogen) atoms. The fraction of sp³-hybridized carbons (Fsp3) is 0. The summed E-state index contributed by atoms with van der Waals surface area (Å²) in [5, 5.41) is 8.34.